The third kappa shape index (κ3) is 7.97. The van der Waals surface area contributed by atoms with Crippen LogP contribution in [-0.4, -0.2) is 31.5 Å². The number of nitrogens with one attached hydrogen (secondary N) is 1. The van der Waals surface area contributed by atoms with Crippen molar-refractivity contribution in [1.82, 2.24) is 5.32 Å². The molecule has 1 aliphatic rings. The van der Waals surface area contributed by atoms with E-state index in [4.69, 9.17) is 11.6 Å². The van der Waals surface area contributed by atoms with Gasteiger partial charge in [0.05, 0.1) is 11.5 Å². The summed E-state index contributed by atoms with van der Waals surface area (Å²) in [7, 11) is -3.48. The van der Waals surface area contributed by atoms with Gasteiger partial charge in [0.15, 0.2) is 9.84 Å². The highest BCUT2D eigenvalue weighted by Gasteiger charge is 2.32. The van der Waals surface area contributed by atoms with E-state index in [-0.39, 0.29) is 17.4 Å². The van der Waals surface area contributed by atoms with E-state index < -0.39 is 15.4 Å². The minimum absolute atomic E-state index is 0.0358. The number of aliphatic hydroxyl groups is 1. The first kappa shape index (κ1) is 23.4. The Hall–Kier alpha value is -0.620. The molecule has 0 unspecified atom stereocenters. The van der Waals surface area contributed by atoms with E-state index in [0.717, 1.165) is 32.1 Å². The predicted molar refractivity (Wildman–Crippen MR) is 104 cm³/mol. The zero-order valence-corrected chi connectivity index (χ0v) is 16.9. The number of hydrogen-bond donors (Lipinski definition) is 2. The Labute approximate surface area is 152 Å². The summed E-state index contributed by atoms with van der Waals surface area (Å²) in [6.45, 7) is 7.43. The van der Waals surface area contributed by atoms with Gasteiger partial charge in [0.25, 0.3) is 0 Å². The average molecular weight is 378 g/mol. The molecule has 0 saturated heterocycles. The van der Waals surface area contributed by atoms with E-state index in [1.165, 1.54) is 6.08 Å². The molecule has 0 aromatic rings. The van der Waals surface area contributed by atoms with Crippen LogP contribution in [-0.2, 0) is 9.84 Å². The largest absolute Gasteiger partial charge is 0.394 e. The summed E-state index contributed by atoms with van der Waals surface area (Å²) >= 11 is 5.76. The zero-order valence-electron chi connectivity index (χ0n) is 15.3. The lowest BCUT2D eigenvalue weighted by Crippen LogP contribution is -2.51. The predicted octanol–water partition coefficient (Wildman–Crippen LogP) is 4.27. The fourth-order valence-corrected chi connectivity index (χ4v) is 3.92. The molecule has 1 fully saturated rings. The second-order valence-electron chi connectivity index (χ2n) is 5.76. The zero-order chi connectivity index (χ0) is 18.6. The summed E-state index contributed by atoms with van der Waals surface area (Å²) in [5, 5.41) is 13.2. The molecule has 0 aromatic heterocycles. The molecule has 24 heavy (non-hydrogen) atoms. The summed E-state index contributed by atoms with van der Waals surface area (Å²) < 4.78 is 25.0. The standard InChI is InChI=1S/C16H26ClNO3S.C2H6/c1-3-7-15(9-8-14(2)17)22(20,21)13-18-16(12-19)10-5-4-6-11-16;1-2/h3,7-9,18-19H,4-6,10-13H2,1-2H3;1-2H3/b7-3-,14-8+,15-9+;. The van der Waals surface area contributed by atoms with Gasteiger partial charge in [-0.05, 0) is 44.9 Å². The van der Waals surface area contributed by atoms with Crippen molar-refractivity contribution in [1.29, 1.82) is 0 Å². The fraction of sp³-hybridized carbons (Fsp3) is 0.667. The quantitative estimate of drug-likeness (QED) is 0.650. The second kappa shape index (κ2) is 11.9. The fourth-order valence-electron chi connectivity index (χ4n) is 2.57. The van der Waals surface area contributed by atoms with Crippen LogP contribution >= 0.6 is 11.6 Å². The highest BCUT2D eigenvalue weighted by atomic mass is 35.5. The van der Waals surface area contributed by atoms with E-state index in [1.807, 2.05) is 13.8 Å². The molecule has 140 valence electrons. The van der Waals surface area contributed by atoms with Crippen molar-refractivity contribution in [2.24, 2.45) is 0 Å². The van der Waals surface area contributed by atoms with Crippen molar-refractivity contribution in [2.75, 3.05) is 12.5 Å². The van der Waals surface area contributed by atoms with Crippen molar-refractivity contribution in [3.8, 4) is 0 Å². The lowest BCUT2D eigenvalue weighted by Gasteiger charge is -2.36. The van der Waals surface area contributed by atoms with Crippen LogP contribution in [0.3, 0.4) is 0 Å². The topological polar surface area (TPSA) is 66.4 Å². The van der Waals surface area contributed by atoms with Gasteiger partial charge in [-0.15, -0.1) is 0 Å². The highest BCUT2D eigenvalue weighted by Crippen LogP contribution is 2.28. The molecule has 0 atom stereocenters. The van der Waals surface area contributed by atoms with Crippen molar-refractivity contribution in [2.45, 2.75) is 65.3 Å². The van der Waals surface area contributed by atoms with Crippen LogP contribution in [0.1, 0.15) is 59.8 Å². The Bertz CT molecular complexity index is 541. The van der Waals surface area contributed by atoms with E-state index in [0.29, 0.717) is 5.03 Å². The molecule has 1 aliphatic carbocycles. The molecule has 4 nitrogen and oxygen atoms in total. The maximum Gasteiger partial charge on any atom is 0.191 e. The molecular formula is C18H32ClNO3S. The third-order valence-electron chi connectivity index (χ3n) is 3.92. The van der Waals surface area contributed by atoms with Gasteiger partial charge in [0.2, 0.25) is 0 Å². The summed E-state index contributed by atoms with van der Waals surface area (Å²) in [4.78, 5) is 0.214. The maximum absolute atomic E-state index is 12.5. The number of aliphatic hydroxyl groups excluding tert-OH is 1. The van der Waals surface area contributed by atoms with Gasteiger partial charge < -0.3 is 5.11 Å². The molecule has 1 saturated carbocycles. The van der Waals surface area contributed by atoms with Crippen LogP contribution < -0.4 is 5.32 Å². The molecule has 0 bridgehead atoms. The van der Waals surface area contributed by atoms with Crippen LogP contribution in [0, 0.1) is 0 Å². The Morgan fingerprint density at radius 3 is 2.25 bits per heavy atom. The van der Waals surface area contributed by atoms with Gasteiger partial charge in [0, 0.05) is 10.6 Å². The number of halogens is 1. The Morgan fingerprint density at radius 2 is 1.79 bits per heavy atom. The van der Waals surface area contributed by atoms with E-state index in [9.17, 15) is 13.5 Å². The number of hydrogen-bond acceptors (Lipinski definition) is 4. The van der Waals surface area contributed by atoms with E-state index in [1.54, 1.807) is 32.1 Å². The van der Waals surface area contributed by atoms with Gasteiger partial charge in [0.1, 0.15) is 5.88 Å². The number of allylic oxidation sites excluding steroid dienone is 5. The lowest BCUT2D eigenvalue weighted by molar-refractivity contribution is 0.126. The number of sulfone groups is 1. The van der Waals surface area contributed by atoms with Crippen molar-refractivity contribution in [3.63, 3.8) is 0 Å². The normalized spacial score (nSPS) is 19.1. The van der Waals surface area contributed by atoms with Crippen molar-refractivity contribution in [3.05, 3.63) is 34.2 Å². The Kier molecular flexibility index (Phi) is 11.5. The average Bonchev–Trinajstić information content (AvgIpc) is 2.59. The van der Waals surface area contributed by atoms with Crippen LogP contribution in [0.15, 0.2) is 34.2 Å². The third-order valence-corrected chi connectivity index (χ3v) is 5.56. The molecule has 6 heteroatoms. The maximum atomic E-state index is 12.5. The molecule has 2 N–H and O–H groups in total. The summed E-state index contributed by atoms with van der Waals surface area (Å²) in [5.41, 5.74) is -0.468. The summed E-state index contributed by atoms with van der Waals surface area (Å²) in [6.07, 6.45) is 11.1. The molecule has 0 aliphatic heterocycles. The van der Waals surface area contributed by atoms with E-state index >= 15 is 0 Å². The Balaban J connectivity index is 0.00000254. The first-order valence-electron chi connectivity index (χ1n) is 8.61. The van der Waals surface area contributed by atoms with Crippen LogP contribution in [0.2, 0.25) is 0 Å². The van der Waals surface area contributed by atoms with Gasteiger partial charge >= 0.3 is 0 Å². The lowest BCUT2D eigenvalue weighted by atomic mass is 9.82. The first-order valence-corrected chi connectivity index (χ1v) is 10.6. The highest BCUT2D eigenvalue weighted by molar-refractivity contribution is 7.95. The SMILES string of the molecule is CC.C\C=C/C(=C\C=C(/C)Cl)S(=O)(=O)CNC1(CO)CCCCC1. The minimum Gasteiger partial charge on any atom is -0.394 e. The number of rotatable bonds is 7. The van der Waals surface area contributed by atoms with Crippen molar-refractivity contribution >= 4 is 21.4 Å². The second-order valence-corrected chi connectivity index (χ2v) is 8.34. The molecule has 0 aromatic carbocycles. The van der Waals surface area contributed by atoms with Gasteiger partial charge in [-0.2, -0.15) is 0 Å². The molecule has 0 amide bonds. The van der Waals surface area contributed by atoms with Crippen LogP contribution in [0.25, 0.3) is 0 Å². The molecule has 1 rings (SSSR count). The molecule has 0 heterocycles. The van der Waals surface area contributed by atoms with E-state index in [2.05, 4.69) is 5.32 Å². The van der Waals surface area contributed by atoms with Gasteiger partial charge in [-0.25, -0.2) is 8.42 Å². The molecule has 0 radical (unpaired) electrons. The van der Waals surface area contributed by atoms with Gasteiger partial charge in [-0.1, -0.05) is 50.8 Å². The van der Waals surface area contributed by atoms with Crippen LogP contribution in [0.5, 0.6) is 0 Å². The van der Waals surface area contributed by atoms with Crippen LogP contribution in [0.4, 0.5) is 0 Å². The Morgan fingerprint density at radius 1 is 1.21 bits per heavy atom. The summed E-state index contributed by atoms with van der Waals surface area (Å²) in [6, 6.07) is 0. The van der Waals surface area contributed by atoms with Crippen molar-refractivity contribution < 1.29 is 13.5 Å². The summed E-state index contributed by atoms with van der Waals surface area (Å²) in [5.74, 6) is -0.182. The monoisotopic (exact) mass is 377 g/mol. The minimum atomic E-state index is -3.48. The molecular weight excluding hydrogens is 346 g/mol. The molecule has 0 spiro atoms. The smallest absolute Gasteiger partial charge is 0.191 e. The first-order chi connectivity index (χ1) is 11.4. The van der Waals surface area contributed by atoms with Gasteiger partial charge in [-0.3, -0.25) is 5.32 Å².